The first-order valence-corrected chi connectivity index (χ1v) is 7.79. The molecule has 0 radical (unpaired) electrons. The van der Waals surface area contributed by atoms with E-state index in [1.807, 2.05) is 16.7 Å². The molecule has 2 heterocycles. The van der Waals surface area contributed by atoms with Gasteiger partial charge in [-0.25, -0.2) is 4.79 Å². The molecule has 0 aromatic rings. The number of urea groups is 1. The zero-order valence-electron chi connectivity index (χ0n) is 12.7. The summed E-state index contributed by atoms with van der Waals surface area (Å²) in [6.45, 7) is 7.72. The van der Waals surface area contributed by atoms with E-state index in [1.165, 1.54) is 0 Å². The van der Waals surface area contributed by atoms with E-state index in [-0.39, 0.29) is 24.0 Å². The van der Waals surface area contributed by atoms with Gasteiger partial charge in [0.05, 0.1) is 5.92 Å². The Balaban J connectivity index is 2.07. The van der Waals surface area contributed by atoms with E-state index in [2.05, 4.69) is 13.8 Å². The van der Waals surface area contributed by atoms with E-state index in [0.29, 0.717) is 18.9 Å². The normalized spacial score (nSPS) is 29.6. The lowest BCUT2D eigenvalue weighted by atomic mass is 9.89. The molecule has 2 saturated heterocycles. The van der Waals surface area contributed by atoms with Crippen LogP contribution in [0.15, 0.2) is 0 Å². The smallest absolute Gasteiger partial charge is 0.320 e. The first kappa shape index (κ1) is 15.1. The van der Waals surface area contributed by atoms with Crippen LogP contribution < -0.4 is 0 Å². The summed E-state index contributed by atoms with van der Waals surface area (Å²) in [6.07, 6.45) is 3.48. The van der Waals surface area contributed by atoms with Gasteiger partial charge in [0, 0.05) is 25.2 Å². The average Bonchev–Trinajstić information content (AvgIpc) is 3.01. The highest BCUT2D eigenvalue weighted by Crippen LogP contribution is 2.42. The van der Waals surface area contributed by atoms with E-state index in [1.54, 1.807) is 0 Å². The molecular weight excluding hydrogens is 256 g/mol. The van der Waals surface area contributed by atoms with Crippen molar-refractivity contribution in [1.82, 2.24) is 9.80 Å². The van der Waals surface area contributed by atoms with Crippen LogP contribution in [-0.2, 0) is 4.79 Å². The fourth-order valence-corrected chi connectivity index (χ4v) is 3.56. The summed E-state index contributed by atoms with van der Waals surface area (Å²) in [5, 5.41) is 9.26. The number of carbonyl (C=O) groups is 2. The molecule has 5 nitrogen and oxygen atoms in total. The number of fused-ring (bicyclic) bond motifs is 2. The van der Waals surface area contributed by atoms with Gasteiger partial charge in [0.25, 0.3) is 0 Å². The summed E-state index contributed by atoms with van der Waals surface area (Å²) >= 11 is 0. The summed E-state index contributed by atoms with van der Waals surface area (Å²) in [5.41, 5.74) is 0. The van der Waals surface area contributed by atoms with Gasteiger partial charge in [0.2, 0.25) is 0 Å². The molecule has 0 spiro atoms. The Kier molecular flexibility index (Phi) is 4.55. The van der Waals surface area contributed by atoms with Gasteiger partial charge >= 0.3 is 12.0 Å². The van der Waals surface area contributed by atoms with Gasteiger partial charge in [-0.1, -0.05) is 20.3 Å². The van der Waals surface area contributed by atoms with E-state index >= 15 is 0 Å². The van der Waals surface area contributed by atoms with Crippen LogP contribution in [0.2, 0.25) is 0 Å². The molecule has 0 aliphatic carbocycles. The zero-order chi connectivity index (χ0) is 14.9. The minimum Gasteiger partial charge on any atom is -0.481 e. The predicted octanol–water partition coefficient (Wildman–Crippen LogP) is 2.41. The monoisotopic (exact) mass is 282 g/mol. The number of carboxylic acids is 1. The second-order valence-corrected chi connectivity index (χ2v) is 6.22. The number of rotatable bonds is 5. The summed E-state index contributed by atoms with van der Waals surface area (Å²) in [7, 11) is 0. The van der Waals surface area contributed by atoms with Crippen molar-refractivity contribution in [3.63, 3.8) is 0 Å². The lowest BCUT2D eigenvalue weighted by molar-refractivity contribution is -0.142. The van der Waals surface area contributed by atoms with Crippen LogP contribution in [-0.4, -0.2) is 52.1 Å². The van der Waals surface area contributed by atoms with Crippen LogP contribution in [0.25, 0.3) is 0 Å². The number of nitrogens with zero attached hydrogens (tertiary/aromatic N) is 2. The minimum absolute atomic E-state index is 0.0454. The van der Waals surface area contributed by atoms with Crippen molar-refractivity contribution in [1.29, 1.82) is 0 Å². The van der Waals surface area contributed by atoms with Crippen molar-refractivity contribution in [2.45, 2.75) is 58.5 Å². The molecule has 0 aromatic heterocycles. The van der Waals surface area contributed by atoms with Crippen molar-refractivity contribution in [2.75, 3.05) is 13.1 Å². The third kappa shape index (κ3) is 2.63. The number of carboxylic acid groups (broad SMARTS) is 1. The maximum atomic E-state index is 12.7. The lowest BCUT2D eigenvalue weighted by Gasteiger charge is -2.32. The highest BCUT2D eigenvalue weighted by molar-refractivity contribution is 5.79. The molecular formula is C15H26N2O3. The quantitative estimate of drug-likeness (QED) is 0.842. The van der Waals surface area contributed by atoms with Crippen molar-refractivity contribution >= 4 is 12.0 Å². The molecule has 0 aromatic carbocycles. The molecule has 2 bridgehead atoms. The summed E-state index contributed by atoms with van der Waals surface area (Å²) in [4.78, 5) is 27.7. The molecule has 2 fully saturated rings. The van der Waals surface area contributed by atoms with Crippen molar-refractivity contribution in [3.8, 4) is 0 Å². The maximum Gasteiger partial charge on any atom is 0.320 e. The van der Waals surface area contributed by atoms with Crippen molar-refractivity contribution in [3.05, 3.63) is 0 Å². The third-order valence-corrected chi connectivity index (χ3v) is 4.96. The van der Waals surface area contributed by atoms with Crippen LogP contribution in [0.3, 0.4) is 0 Å². The van der Waals surface area contributed by atoms with Gasteiger partial charge in [-0.2, -0.15) is 0 Å². The second kappa shape index (κ2) is 6.02. The van der Waals surface area contributed by atoms with Crippen molar-refractivity contribution < 1.29 is 14.7 Å². The molecule has 20 heavy (non-hydrogen) atoms. The molecule has 2 aliphatic heterocycles. The molecule has 2 aliphatic rings. The molecule has 1 N–H and O–H groups in total. The molecule has 114 valence electrons. The van der Waals surface area contributed by atoms with Gasteiger partial charge in [0.15, 0.2) is 0 Å². The standard InChI is InChI=1S/C15H26N2O3/c1-4-10(3)9-16(5-2)15(20)17-11-6-7-13(17)12(8-11)14(18)19/h10-13H,4-9H2,1-3H3,(H,18,19). The van der Waals surface area contributed by atoms with Crippen LogP contribution >= 0.6 is 0 Å². The Hall–Kier alpha value is -1.26. The Morgan fingerprint density at radius 3 is 2.55 bits per heavy atom. The maximum absolute atomic E-state index is 12.7. The fraction of sp³-hybridized carbons (Fsp3) is 0.867. The number of aliphatic carboxylic acids is 1. The van der Waals surface area contributed by atoms with Gasteiger partial charge in [0.1, 0.15) is 0 Å². The third-order valence-electron chi connectivity index (χ3n) is 4.96. The van der Waals surface area contributed by atoms with Gasteiger partial charge in [-0.3, -0.25) is 4.79 Å². The Morgan fingerprint density at radius 1 is 1.35 bits per heavy atom. The molecule has 4 atom stereocenters. The first-order chi connectivity index (χ1) is 9.49. The van der Waals surface area contributed by atoms with Crippen LogP contribution in [0.4, 0.5) is 4.79 Å². The molecule has 2 amide bonds. The van der Waals surface area contributed by atoms with Gasteiger partial charge < -0.3 is 14.9 Å². The van der Waals surface area contributed by atoms with Crippen LogP contribution in [0, 0.1) is 11.8 Å². The lowest BCUT2D eigenvalue weighted by Crippen LogP contribution is -2.47. The zero-order valence-corrected chi connectivity index (χ0v) is 12.7. The number of hydrogen-bond acceptors (Lipinski definition) is 2. The minimum atomic E-state index is -0.750. The van der Waals surface area contributed by atoms with E-state index < -0.39 is 5.97 Å². The van der Waals surface area contributed by atoms with Crippen LogP contribution in [0.1, 0.15) is 46.5 Å². The fourth-order valence-electron chi connectivity index (χ4n) is 3.56. The molecule has 5 heteroatoms. The first-order valence-electron chi connectivity index (χ1n) is 7.79. The largest absolute Gasteiger partial charge is 0.481 e. The van der Waals surface area contributed by atoms with Gasteiger partial charge in [-0.15, -0.1) is 0 Å². The molecule has 0 saturated carbocycles. The Bertz CT molecular complexity index is 385. The number of carbonyl (C=O) groups excluding carboxylic acids is 1. The SMILES string of the molecule is CCC(C)CN(CC)C(=O)N1C2CCC1C(C(=O)O)C2. The summed E-state index contributed by atoms with van der Waals surface area (Å²) < 4.78 is 0. The molecule has 4 unspecified atom stereocenters. The van der Waals surface area contributed by atoms with E-state index in [4.69, 9.17) is 0 Å². The summed E-state index contributed by atoms with van der Waals surface area (Å²) in [5.74, 6) is -0.630. The number of amides is 2. The molecule has 2 rings (SSSR count). The number of hydrogen-bond donors (Lipinski definition) is 1. The van der Waals surface area contributed by atoms with Crippen LogP contribution in [0.5, 0.6) is 0 Å². The second-order valence-electron chi connectivity index (χ2n) is 6.22. The Morgan fingerprint density at radius 2 is 2.05 bits per heavy atom. The van der Waals surface area contributed by atoms with Gasteiger partial charge in [-0.05, 0) is 32.1 Å². The van der Waals surface area contributed by atoms with Crippen molar-refractivity contribution in [2.24, 2.45) is 11.8 Å². The topological polar surface area (TPSA) is 60.9 Å². The Labute approximate surface area is 120 Å². The highest BCUT2D eigenvalue weighted by atomic mass is 16.4. The van der Waals surface area contributed by atoms with E-state index in [0.717, 1.165) is 25.8 Å². The van der Waals surface area contributed by atoms with E-state index in [9.17, 15) is 14.7 Å². The highest BCUT2D eigenvalue weighted by Gasteiger charge is 2.52. The predicted molar refractivity (Wildman–Crippen MR) is 76.5 cm³/mol. The summed E-state index contributed by atoms with van der Waals surface area (Å²) in [6, 6.07) is 0.0969. The average molecular weight is 282 g/mol.